The summed E-state index contributed by atoms with van der Waals surface area (Å²) in [6.07, 6.45) is 5.90. The number of nitrogens with one attached hydrogen (secondary N) is 1. The molecule has 0 amide bonds. The number of hydrogen-bond acceptors (Lipinski definition) is 5. The van der Waals surface area contributed by atoms with E-state index in [-0.39, 0.29) is 12.2 Å². The summed E-state index contributed by atoms with van der Waals surface area (Å²) in [7, 11) is 0. The molecule has 6 nitrogen and oxygen atoms in total. The molecule has 1 saturated heterocycles. The summed E-state index contributed by atoms with van der Waals surface area (Å²) in [5.74, 6) is 0.606. The summed E-state index contributed by atoms with van der Waals surface area (Å²) >= 11 is 0. The third-order valence-corrected chi connectivity index (χ3v) is 4.95. The Kier molecular flexibility index (Phi) is 5.09. The molecule has 6 heteroatoms. The molecule has 1 N–H and O–H groups in total. The van der Waals surface area contributed by atoms with Gasteiger partial charge in [-0.1, -0.05) is 0 Å². The van der Waals surface area contributed by atoms with E-state index in [1.54, 1.807) is 6.20 Å². The first-order valence-corrected chi connectivity index (χ1v) is 9.54. The van der Waals surface area contributed by atoms with Gasteiger partial charge in [0, 0.05) is 43.3 Å². The van der Waals surface area contributed by atoms with Gasteiger partial charge < -0.3 is 19.4 Å². The van der Waals surface area contributed by atoms with E-state index in [2.05, 4.69) is 47.2 Å². The van der Waals surface area contributed by atoms with Crippen molar-refractivity contribution in [1.82, 2.24) is 19.9 Å². The maximum absolute atomic E-state index is 6.26. The quantitative estimate of drug-likeness (QED) is 0.750. The van der Waals surface area contributed by atoms with Gasteiger partial charge in [-0.15, -0.1) is 0 Å². The predicted molar refractivity (Wildman–Crippen MR) is 106 cm³/mol. The Labute approximate surface area is 159 Å². The monoisotopic (exact) mass is 366 g/mol. The lowest BCUT2D eigenvalue weighted by atomic mass is 10.1. The largest absolute Gasteiger partial charge is 0.471 e. The van der Waals surface area contributed by atoms with E-state index < -0.39 is 0 Å². The fourth-order valence-corrected chi connectivity index (χ4v) is 3.31. The van der Waals surface area contributed by atoms with Crippen molar-refractivity contribution in [2.45, 2.75) is 39.0 Å². The van der Waals surface area contributed by atoms with Gasteiger partial charge >= 0.3 is 0 Å². The molecule has 0 bridgehead atoms. The number of nitrogens with zero attached hydrogens (tertiary/aromatic N) is 3. The third kappa shape index (κ3) is 3.82. The Hall–Kier alpha value is -2.44. The van der Waals surface area contributed by atoms with Crippen LogP contribution in [0.1, 0.15) is 26.8 Å². The smallest absolute Gasteiger partial charge is 0.223 e. The van der Waals surface area contributed by atoms with Crippen molar-refractivity contribution in [1.29, 1.82) is 0 Å². The van der Waals surface area contributed by atoms with Gasteiger partial charge in [-0.25, -0.2) is 4.98 Å². The third-order valence-electron chi connectivity index (χ3n) is 4.95. The molecule has 27 heavy (non-hydrogen) atoms. The Morgan fingerprint density at radius 3 is 2.93 bits per heavy atom. The van der Waals surface area contributed by atoms with Crippen molar-refractivity contribution < 1.29 is 9.47 Å². The number of pyridine rings is 2. The van der Waals surface area contributed by atoms with Gasteiger partial charge in [0.15, 0.2) is 0 Å². The van der Waals surface area contributed by atoms with E-state index >= 15 is 0 Å². The van der Waals surface area contributed by atoms with E-state index in [1.165, 1.54) is 0 Å². The van der Waals surface area contributed by atoms with Crippen LogP contribution in [0.2, 0.25) is 0 Å². The Morgan fingerprint density at radius 2 is 2.19 bits per heavy atom. The van der Waals surface area contributed by atoms with E-state index in [0.717, 1.165) is 35.2 Å². The van der Waals surface area contributed by atoms with Crippen LogP contribution in [-0.2, 0) is 4.74 Å². The van der Waals surface area contributed by atoms with Crippen LogP contribution >= 0.6 is 0 Å². The zero-order chi connectivity index (χ0) is 18.8. The zero-order valence-corrected chi connectivity index (χ0v) is 16.1. The standard InChI is InChI=1S/C21H26N4O2/c1-14(2)25-9-6-16(13-25)18-11-19-17(5-4-7-23-19)21(24-18)27-15(3)20-12-22-8-10-26-20/h4-7,9,11,13-15,20,22H,8,10,12H2,1-3H3/t15-,20+/m1/s1. The van der Waals surface area contributed by atoms with Gasteiger partial charge in [-0.05, 0) is 45.0 Å². The molecule has 3 aromatic heterocycles. The van der Waals surface area contributed by atoms with E-state index in [9.17, 15) is 0 Å². The maximum Gasteiger partial charge on any atom is 0.223 e. The SMILES string of the molecule is CC(C)n1ccc(-c2cc3ncccc3c(O[C@H](C)[C@@H]3CNCCO3)n2)c1. The molecule has 0 aromatic carbocycles. The molecular weight excluding hydrogens is 340 g/mol. The molecular formula is C21H26N4O2. The minimum absolute atomic E-state index is 0.0120. The predicted octanol–water partition coefficient (Wildman–Crippen LogP) is 3.43. The molecule has 1 aliphatic heterocycles. The summed E-state index contributed by atoms with van der Waals surface area (Å²) in [6.45, 7) is 8.73. The summed E-state index contributed by atoms with van der Waals surface area (Å²) in [5.41, 5.74) is 2.81. The molecule has 4 rings (SSSR count). The highest BCUT2D eigenvalue weighted by molar-refractivity contribution is 5.86. The Bertz CT molecular complexity index is 915. The van der Waals surface area contributed by atoms with Crippen LogP contribution in [0.15, 0.2) is 42.9 Å². The summed E-state index contributed by atoms with van der Waals surface area (Å²) < 4.78 is 14.3. The molecule has 4 heterocycles. The maximum atomic E-state index is 6.26. The minimum atomic E-state index is -0.107. The van der Waals surface area contributed by atoms with Gasteiger partial charge in [0.05, 0.1) is 23.2 Å². The van der Waals surface area contributed by atoms with Crippen LogP contribution in [0.25, 0.3) is 22.2 Å². The first-order chi connectivity index (χ1) is 13.1. The van der Waals surface area contributed by atoms with Crippen molar-refractivity contribution >= 4 is 10.9 Å². The van der Waals surface area contributed by atoms with E-state index in [4.69, 9.17) is 14.5 Å². The highest BCUT2D eigenvalue weighted by Crippen LogP contribution is 2.30. The van der Waals surface area contributed by atoms with Crippen LogP contribution < -0.4 is 10.1 Å². The lowest BCUT2D eigenvalue weighted by Crippen LogP contribution is -2.46. The van der Waals surface area contributed by atoms with E-state index in [0.29, 0.717) is 18.5 Å². The van der Waals surface area contributed by atoms with Crippen molar-refractivity contribution in [3.8, 4) is 17.1 Å². The number of fused-ring (bicyclic) bond motifs is 1. The highest BCUT2D eigenvalue weighted by atomic mass is 16.5. The van der Waals surface area contributed by atoms with Gasteiger partial charge in [-0.3, -0.25) is 4.98 Å². The molecule has 2 atom stereocenters. The highest BCUT2D eigenvalue weighted by Gasteiger charge is 2.23. The van der Waals surface area contributed by atoms with E-state index in [1.807, 2.05) is 25.1 Å². The summed E-state index contributed by atoms with van der Waals surface area (Å²) in [6, 6.07) is 8.42. The topological polar surface area (TPSA) is 61.2 Å². The van der Waals surface area contributed by atoms with Gasteiger partial charge in [0.25, 0.3) is 0 Å². The fourth-order valence-electron chi connectivity index (χ4n) is 3.31. The fraction of sp³-hybridized carbons (Fsp3) is 0.429. The molecule has 1 aliphatic rings. The molecule has 0 radical (unpaired) electrons. The zero-order valence-electron chi connectivity index (χ0n) is 16.1. The van der Waals surface area contributed by atoms with Gasteiger partial charge in [-0.2, -0.15) is 0 Å². The van der Waals surface area contributed by atoms with Gasteiger partial charge in [0.2, 0.25) is 5.88 Å². The van der Waals surface area contributed by atoms with Crippen LogP contribution in [-0.4, -0.2) is 46.4 Å². The van der Waals surface area contributed by atoms with Crippen molar-refractivity contribution in [3.63, 3.8) is 0 Å². The lowest BCUT2D eigenvalue weighted by molar-refractivity contribution is -0.0357. The molecule has 142 valence electrons. The lowest BCUT2D eigenvalue weighted by Gasteiger charge is -2.29. The summed E-state index contributed by atoms with van der Waals surface area (Å²) in [4.78, 5) is 9.35. The second-order valence-electron chi connectivity index (χ2n) is 7.26. The number of ether oxygens (including phenoxy) is 2. The average Bonchev–Trinajstić information content (AvgIpc) is 3.19. The normalized spacial score (nSPS) is 18.7. The Balaban J connectivity index is 1.69. The van der Waals surface area contributed by atoms with Crippen LogP contribution in [0.3, 0.4) is 0 Å². The number of rotatable bonds is 5. The van der Waals surface area contributed by atoms with Crippen LogP contribution in [0.4, 0.5) is 0 Å². The number of hydrogen-bond donors (Lipinski definition) is 1. The minimum Gasteiger partial charge on any atom is -0.471 e. The second kappa shape index (κ2) is 7.66. The number of morpholine rings is 1. The molecule has 1 fully saturated rings. The Morgan fingerprint density at radius 1 is 1.30 bits per heavy atom. The first-order valence-electron chi connectivity index (χ1n) is 9.54. The molecule has 0 spiro atoms. The van der Waals surface area contributed by atoms with Crippen molar-refractivity contribution in [2.75, 3.05) is 19.7 Å². The second-order valence-corrected chi connectivity index (χ2v) is 7.26. The van der Waals surface area contributed by atoms with Crippen LogP contribution in [0, 0.1) is 0 Å². The molecule has 0 unspecified atom stereocenters. The molecule has 3 aromatic rings. The molecule has 0 aliphatic carbocycles. The van der Waals surface area contributed by atoms with Crippen molar-refractivity contribution in [3.05, 3.63) is 42.9 Å². The average molecular weight is 366 g/mol. The van der Waals surface area contributed by atoms with Crippen LogP contribution in [0.5, 0.6) is 5.88 Å². The van der Waals surface area contributed by atoms with Gasteiger partial charge in [0.1, 0.15) is 12.2 Å². The van der Waals surface area contributed by atoms with Crippen molar-refractivity contribution in [2.24, 2.45) is 0 Å². The molecule has 0 saturated carbocycles. The first kappa shape index (κ1) is 17.9. The number of aromatic nitrogens is 3. The summed E-state index contributed by atoms with van der Waals surface area (Å²) in [5, 5.41) is 4.27.